The summed E-state index contributed by atoms with van der Waals surface area (Å²) in [6, 6.07) is 5.90. The quantitative estimate of drug-likeness (QED) is 0.373. The summed E-state index contributed by atoms with van der Waals surface area (Å²) in [5.74, 6) is -0.0674. The van der Waals surface area contributed by atoms with Crippen LogP contribution in [0.5, 0.6) is 0 Å². The van der Waals surface area contributed by atoms with Crippen molar-refractivity contribution in [1.29, 1.82) is 0 Å². The van der Waals surface area contributed by atoms with Crippen LogP contribution >= 0.6 is 11.8 Å². The molecule has 2 heterocycles. The van der Waals surface area contributed by atoms with E-state index in [4.69, 9.17) is 0 Å². The van der Waals surface area contributed by atoms with E-state index in [2.05, 4.69) is 14.7 Å². The molecule has 0 aliphatic heterocycles. The van der Waals surface area contributed by atoms with E-state index in [1.807, 2.05) is 32.0 Å². The van der Waals surface area contributed by atoms with Gasteiger partial charge in [-0.3, -0.25) is 18.7 Å². The SMILES string of the molecule is COC(=O)CSc1nc(-c2cc(C)cc(C)c2)nc2c1c(=O)n(C)c(=O)n2C. The van der Waals surface area contributed by atoms with Gasteiger partial charge in [-0.2, -0.15) is 0 Å². The third kappa shape index (κ3) is 3.57. The molecule has 146 valence electrons. The fourth-order valence-corrected chi connectivity index (χ4v) is 3.80. The van der Waals surface area contributed by atoms with E-state index in [0.29, 0.717) is 10.9 Å². The van der Waals surface area contributed by atoms with Crippen molar-refractivity contribution in [3.8, 4) is 11.4 Å². The van der Waals surface area contributed by atoms with Crippen LogP contribution in [0.25, 0.3) is 22.4 Å². The summed E-state index contributed by atoms with van der Waals surface area (Å²) in [4.78, 5) is 45.8. The Morgan fingerprint density at radius 3 is 2.32 bits per heavy atom. The fraction of sp³-hybridized carbons (Fsp3) is 0.316. The van der Waals surface area contributed by atoms with Gasteiger partial charge in [-0.15, -0.1) is 0 Å². The number of aryl methyl sites for hydroxylation is 3. The van der Waals surface area contributed by atoms with Crippen molar-refractivity contribution in [2.24, 2.45) is 14.1 Å². The predicted molar refractivity (Wildman–Crippen MR) is 108 cm³/mol. The number of hydrogen-bond donors (Lipinski definition) is 0. The zero-order valence-electron chi connectivity index (χ0n) is 16.3. The topological polar surface area (TPSA) is 96.1 Å². The molecule has 28 heavy (non-hydrogen) atoms. The average Bonchev–Trinajstić information content (AvgIpc) is 2.67. The summed E-state index contributed by atoms with van der Waals surface area (Å²) >= 11 is 1.08. The maximum Gasteiger partial charge on any atom is 0.332 e. The number of fused-ring (bicyclic) bond motifs is 1. The van der Waals surface area contributed by atoms with Crippen molar-refractivity contribution in [2.75, 3.05) is 12.9 Å². The maximum absolute atomic E-state index is 12.7. The second-order valence-electron chi connectivity index (χ2n) is 6.50. The number of benzene rings is 1. The molecule has 0 N–H and O–H groups in total. The lowest BCUT2D eigenvalue weighted by atomic mass is 10.1. The standard InChI is InChI=1S/C19H20N4O4S/c1-10-6-11(2)8-12(7-10)15-20-16-14(17(21-15)28-9-13(24)27-5)18(25)23(4)19(26)22(16)3/h6-8H,9H2,1-5H3. The molecule has 9 heteroatoms. The highest BCUT2D eigenvalue weighted by Crippen LogP contribution is 2.27. The van der Waals surface area contributed by atoms with Gasteiger partial charge in [0.2, 0.25) is 0 Å². The number of rotatable bonds is 4. The molecule has 0 aliphatic rings. The van der Waals surface area contributed by atoms with Gasteiger partial charge in [0, 0.05) is 19.7 Å². The molecule has 0 radical (unpaired) electrons. The molecular formula is C19H20N4O4S. The molecular weight excluding hydrogens is 380 g/mol. The molecule has 0 atom stereocenters. The first-order valence-corrected chi connectivity index (χ1v) is 9.47. The molecule has 0 unspecified atom stereocenters. The molecule has 0 saturated heterocycles. The third-order valence-electron chi connectivity index (χ3n) is 4.30. The molecule has 0 aliphatic carbocycles. The Hall–Kier alpha value is -2.94. The maximum atomic E-state index is 12.7. The minimum absolute atomic E-state index is 0.0130. The molecule has 3 rings (SSSR count). The number of thioether (sulfide) groups is 1. The number of hydrogen-bond acceptors (Lipinski definition) is 7. The Morgan fingerprint density at radius 2 is 1.71 bits per heavy atom. The largest absolute Gasteiger partial charge is 0.468 e. The molecule has 2 aromatic heterocycles. The highest BCUT2D eigenvalue weighted by Gasteiger charge is 2.19. The normalized spacial score (nSPS) is 11.0. The van der Waals surface area contributed by atoms with Crippen molar-refractivity contribution in [3.05, 3.63) is 50.2 Å². The van der Waals surface area contributed by atoms with E-state index in [9.17, 15) is 14.4 Å². The molecule has 3 aromatic rings. The van der Waals surface area contributed by atoms with Crippen molar-refractivity contribution in [2.45, 2.75) is 18.9 Å². The third-order valence-corrected chi connectivity index (χ3v) is 5.25. The molecule has 8 nitrogen and oxygen atoms in total. The van der Waals surface area contributed by atoms with E-state index >= 15 is 0 Å². The van der Waals surface area contributed by atoms with Crippen LogP contribution in [0.15, 0.2) is 32.8 Å². The first-order valence-electron chi connectivity index (χ1n) is 8.49. The molecule has 0 saturated carbocycles. The van der Waals surface area contributed by atoms with Crippen LogP contribution in [-0.4, -0.2) is 37.9 Å². The van der Waals surface area contributed by atoms with Gasteiger partial charge < -0.3 is 4.74 Å². The smallest absolute Gasteiger partial charge is 0.332 e. The summed E-state index contributed by atoms with van der Waals surface area (Å²) in [5.41, 5.74) is 2.10. The average molecular weight is 400 g/mol. The highest BCUT2D eigenvalue weighted by molar-refractivity contribution is 8.00. The van der Waals surface area contributed by atoms with Gasteiger partial charge in [0.1, 0.15) is 10.4 Å². The highest BCUT2D eigenvalue weighted by atomic mass is 32.2. The summed E-state index contributed by atoms with van der Waals surface area (Å²) in [6.45, 7) is 3.94. The molecule has 0 fully saturated rings. The Balaban J connectivity index is 2.34. The lowest BCUT2D eigenvalue weighted by molar-refractivity contribution is -0.137. The molecule has 0 bridgehead atoms. The van der Waals surface area contributed by atoms with Crippen LogP contribution in [-0.2, 0) is 23.6 Å². The number of esters is 1. The minimum Gasteiger partial charge on any atom is -0.468 e. The number of carbonyl (C=O) groups is 1. The van der Waals surface area contributed by atoms with Gasteiger partial charge in [0.05, 0.1) is 12.9 Å². The molecule has 0 amide bonds. The second-order valence-corrected chi connectivity index (χ2v) is 7.46. The summed E-state index contributed by atoms with van der Waals surface area (Å²) in [6.07, 6.45) is 0. The van der Waals surface area contributed by atoms with Crippen LogP contribution in [0.3, 0.4) is 0 Å². The van der Waals surface area contributed by atoms with Crippen LogP contribution in [0.2, 0.25) is 0 Å². The Bertz CT molecular complexity index is 1190. The number of aromatic nitrogens is 4. The van der Waals surface area contributed by atoms with Crippen molar-refractivity contribution in [3.63, 3.8) is 0 Å². The van der Waals surface area contributed by atoms with E-state index < -0.39 is 17.2 Å². The van der Waals surface area contributed by atoms with Crippen LogP contribution in [0, 0.1) is 13.8 Å². The summed E-state index contributed by atoms with van der Waals surface area (Å²) in [7, 11) is 4.25. The van der Waals surface area contributed by atoms with Crippen molar-refractivity contribution < 1.29 is 9.53 Å². The second kappa shape index (κ2) is 7.59. The van der Waals surface area contributed by atoms with Crippen LogP contribution < -0.4 is 11.2 Å². The van der Waals surface area contributed by atoms with Gasteiger partial charge >= 0.3 is 11.7 Å². The van der Waals surface area contributed by atoms with Crippen molar-refractivity contribution >= 4 is 28.8 Å². The summed E-state index contributed by atoms with van der Waals surface area (Å²) in [5, 5.41) is 0.535. The first-order chi connectivity index (χ1) is 13.2. The molecule has 0 spiro atoms. The zero-order valence-corrected chi connectivity index (χ0v) is 17.1. The zero-order chi connectivity index (χ0) is 20.6. The van der Waals surface area contributed by atoms with Crippen molar-refractivity contribution in [1.82, 2.24) is 19.1 Å². The lowest BCUT2D eigenvalue weighted by Gasteiger charge is -2.12. The lowest BCUT2D eigenvalue weighted by Crippen LogP contribution is -2.37. The van der Waals surface area contributed by atoms with Gasteiger partial charge in [0.25, 0.3) is 5.56 Å². The van der Waals surface area contributed by atoms with Gasteiger partial charge in [-0.1, -0.05) is 29.0 Å². The van der Waals surface area contributed by atoms with E-state index in [1.54, 1.807) is 7.05 Å². The van der Waals surface area contributed by atoms with E-state index in [0.717, 1.165) is 33.0 Å². The van der Waals surface area contributed by atoms with E-state index in [1.165, 1.54) is 18.7 Å². The van der Waals surface area contributed by atoms with Gasteiger partial charge in [-0.05, 0) is 26.0 Å². The Kier molecular flexibility index (Phi) is 5.37. The van der Waals surface area contributed by atoms with Crippen LogP contribution in [0.4, 0.5) is 0 Å². The number of carbonyl (C=O) groups excluding carboxylic acids is 1. The number of nitrogens with zero attached hydrogens (tertiary/aromatic N) is 4. The Morgan fingerprint density at radius 1 is 1.07 bits per heavy atom. The van der Waals surface area contributed by atoms with Gasteiger partial charge in [-0.25, -0.2) is 14.8 Å². The first kappa shape index (κ1) is 19.8. The monoisotopic (exact) mass is 400 g/mol. The van der Waals surface area contributed by atoms with Crippen LogP contribution in [0.1, 0.15) is 11.1 Å². The minimum atomic E-state index is -0.502. The predicted octanol–water partition coefficient (Wildman–Crippen LogP) is 1.58. The fourth-order valence-electron chi connectivity index (χ4n) is 2.95. The number of ether oxygens (including phenoxy) is 1. The molecule has 1 aromatic carbocycles. The summed E-state index contributed by atoms with van der Waals surface area (Å²) < 4.78 is 7.00. The van der Waals surface area contributed by atoms with E-state index in [-0.39, 0.29) is 16.8 Å². The Labute approximate surface area is 165 Å². The van der Waals surface area contributed by atoms with Gasteiger partial charge in [0.15, 0.2) is 11.5 Å². The number of methoxy groups -OCH3 is 1.